The lowest BCUT2D eigenvalue weighted by Crippen LogP contribution is -2.71. The summed E-state index contributed by atoms with van der Waals surface area (Å²) in [6.07, 6.45) is -32.1. The van der Waals surface area contributed by atoms with E-state index in [0.717, 1.165) is 39.5 Å². The van der Waals surface area contributed by atoms with Crippen molar-refractivity contribution < 1.29 is 153 Å². The van der Waals surface area contributed by atoms with Gasteiger partial charge in [-0.2, -0.15) is 0 Å². The monoisotopic (exact) mass is 1320 g/mol. The predicted molar refractivity (Wildman–Crippen MR) is 304 cm³/mol. The third-order valence-corrected chi connectivity index (χ3v) is 16.6. The minimum Gasteiger partial charge on any atom is -0.477 e. The fourth-order valence-electron chi connectivity index (χ4n) is 11.6. The molecule has 0 saturated carbocycles. The first kappa shape index (κ1) is 78.3. The van der Waals surface area contributed by atoms with Crippen LogP contribution in [0.2, 0.25) is 0 Å². The van der Waals surface area contributed by atoms with Crippen molar-refractivity contribution in [3.05, 3.63) is 12.2 Å². The molecular formula is C57H99N3O31. The summed E-state index contributed by atoms with van der Waals surface area (Å²) in [5.74, 6) is -7.50. The molecule has 28 atom stereocenters. The van der Waals surface area contributed by atoms with Crippen LogP contribution in [0.5, 0.6) is 0 Å². The van der Waals surface area contributed by atoms with Gasteiger partial charge >= 0.3 is 5.97 Å². The molecule has 34 heteroatoms. The van der Waals surface area contributed by atoms with Gasteiger partial charge in [-0.3, -0.25) is 14.4 Å². The molecule has 0 aromatic rings. The molecule has 0 spiro atoms. The molecule has 528 valence electrons. The van der Waals surface area contributed by atoms with Crippen molar-refractivity contribution in [2.45, 2.75) is 282 Å². The highest BCUT2D eigenvalue weighted by molar-refractivity contribution is 5.77. The molecule has 5 saturated heterocycles. The molecule has 34 nitrogen and oxygen atoms in total. The first-order valence-corrected chi connectivity index (χ1v) is 31.0. The SMILES string of the molecule is CCCCCCCCCCCCCC=C[C@@H](O)[C@H](CO[C@@H]1O[C@H](CO)[C@@H](O[C@@H]2O[C@H](CO)[C@H](O)[C@H](O[C@@H]3O[C@H](CO)[C@@H](O[C@@H]4O[C@H](CO)[C@H](O)[C@H](O[C@]5(C(=O)O)C[C@H](O)[C@@H](NC(C)=O)[C@H]([C@H](O)[C@H](O)CO)O5)[C@H]4O)[C@H](O)[C@H]3NC(C)=O)[C@H]2O)[C@H](O)[C@H]1O)NC(C)=O. The smallest absolute Gasteiger partial charge is 0.364 e. The Hall–Kier alpha value is -3.42. The van der Waals surface area contributed by atoms with Crippen LogP contribution in [0.3, 0.4) is 0 Å². The third kappa shape index (κ3) is 21.0. The Morgan fingerprint density at radius 3 is 1.53 bits per heavy atom. The van der Waals surface area contributed by atoms with Crippen molar-refractivity contribution in [1.29, 1.82) is 0 Å². The molecule has 5 rings (SSSR count). The number of hydrogen-bond acceptors (Lipinski definition) is 30. The van der Waals surface area contributed by atoms with Crippen LogP contribution >= 0.6 is 0 Å². The van der Waals surface area contributed by atoms with Crippen LogP contribution in [-0.2, 0) is 66.5 Å². The summed E-state index contributed by atoms with van der Waals surface area (Å²) in [4.78, 5) is 50.1. The number of carbonyl (C=O) groups excluding carboxylic acids is 3. The average molecular weight is 1320 g/mol. The van der Waals surface area contributed by atoms with Gasteiger partial charge in [0, 0.05) is 27.2 Å². The molecule has 3 amide bonds. The maximum atomic E-state index is 13.1. The Morgan fingerprint density at radius 2 is 1.02 bits per heavy atom. The summed E-state index contributed by atoms with van der Waals surface area (Å²) >= 11 is 0. The van der Waals surface area contributed by atoms with E-state index in [4.69, 9.17) is 47.4 Å². The van der Waals surface area contributed by atoms with Gasteiger partial charge in [0.25, 0.3) is 5.79 Å². The molecule has 0 radical (unpaired) electrons. The van der Waals surface area contributed by atoms with Gasteiger partial charge in [0.05, 0.1) is 63.9 Å². The van der Waals surface area contributed by atoms with E-state index in [1.807, 2.05) is 0 Å². The number of aliphatic carboxylic acids is 1. The number of allylic oxidation sites excluding steroid dienone is 1. The van der Waals surface area contributed by atoms with E-state index in [0.29, 0.717) is 6.42 Å². The second kappa shape index (κ2) is 37.8. The molecule has 0 aromatic heterocycles. The number of rotatable bonds is 36. The largest absolute Gasteiger partial charge is 0.477 e. The molecular weight excluding hydrogens is 1220 g/mol. The number of hydrogen-bond donors (Lipinski definition) is 20. The minimum atomic E-state index is -3.19. The van der Waals surface area contributed by atoms with Crippen molar-refractivity contribution >= 4 is 23.7 Å². The fourth-order valence-corrected chi connectivity index (χ4v) is 11.6. The first-order chi connectivity index (χ1) is 43.2. The quantitative estimate of drug-likeness (QED) is 0.0205. The van der Waals surface area contributed by atoms with Crippen LogP contribution in [0.4, 0.5) is 0 Å². The summed E-state index contributed by atoms with van der Waals surface area (Å²) in [6, 6.07) is -4.60. The number of ether oxygens (including phenoxy) is 10. The predicted octanol–water partition coefficient (Wildman–Crippen LogP) is -7.28. The molecule has 5 aliphatic rings. The maximum absolute atomic E-state index is 13.1. The van der Waals surface area contributed by atoms with Crippen LogP contribution in [0.15, 0.2) is 12.2 Å². The Labute approximate surface area is 525 Å². The van der Waals surface area contributed by atoms with Gasteiger partial charge in [-0.15, -0.1) is 0 Å². The van der Waals surface area contributed by atoms with E-state index in [2.05, 4.69) is 22.9 Å². The van der Waals surface area contributed by atoms with Crippen LogP contribution in [0, 0.1) is 0 Å². The molecule has 5 fully saturated rings. The molecule has 0 aliphatic carbocycles. The molecule has 0 bridgehead atoms. The molecule has 0 unspecified atom stereocenters. The van der Waals surface area contributed by atoms with E-state index in [1.54, 1.807) is 6.08 Å². The zero-order chi connectivity index (χ0) is 67.4. The number of carbonyl (C=O) groups is 4. The lowest BCUT2D eigenvalue weighted by atomic mass is 9.88. The highest BCUT2D eigenvalue weighted by Gasteiger charge is 2.61. The molecule has 5 aliphatic heterocycles. The Morgan fingerprint density at radius 1 is 0.549 bits per heavy atom. The van der Waals surface area contributed by atoms with Gasteiger partial charge in [-0.1, -0.05) is 83.3 Å². The number of amides is 3. The molecule has 5 heterocycles. The number of aliphatic hydroxyl groups excluding tert-OH is 16. The second-order valence-corrected chi connectivity index (χ2v) is 23.7. The topological polar surface area (TPSA) is 541 Å². The lowest BCUT2D eigenvalue weighted by Gasteiger charge is -2.51. The normalized spacial score (nSPS) is 38.6. The zero-order valence-corrected chi connectivity index (χ0v) is 51.5. The van der Waals surface area contributed by atoms with E-state index in [1.165, 1.54) is 57.9 Å². The van der Waals surface area contributed by atoms with Crippen LogP contribution in [0.1, 0.15) is 111 Å². The molecule has 20 N–H and O–H groups in total. The number of aliphatic hydroxyl groups is 16. The second-order valence-electron chi connectivity index (χ2n) is 23.7. The molecule has 0 aromatic carbocycles. The van der Waals surface area contributed by atoms with Crippen molar-refractivity contribution in [2.75, 3.05) is 39.6 Å². The van der Waals surface area contributed by atoms with Crippen LogP contribution < -0.4 is 16.0 Å². The Kier molecular flexibility index (Phi) is 32.5. The van der Waals surface area contributed by atoms with E-state index in [-0.39, 0.29) is 0 Å². The van der Waals surface area contributed by atoms with Crippen molar-refractivity contribution in [3.8, 4) is 0 Å². The van der Waals surface area contributed by atoms with Gasteiger partial charge in [0.1, 0.15) is 116 Å². The number of carboxylic acids is 1. The molecule has 91 heavy (non-hydrogen) atoms. The van der Waals surface area contributed by atoms with Gasteiger partial charge < -0.3 is 150 Å². The minimum absolute atomic E-state index is 0.473. The maximum Gasteiger partial charge on any atom is 0.364 e. The Bertz CT molecular complexity index is 2210. The van der Waals surface area contributed by atoms with Crippen LogP contribution in [0.25, 0.3) is 0 Å². The van der Waals surface area contributed by atoms with Gasteiger partial charge in [-0.05, 0) is 12.8 Å². The van der Waals surface area contributed by atoms with Gasteiger partial charge in [0.2, 0.25) is 17.7 Å². The summed E-state index contributed by atoms with van der Waals surface area (Å²) in [7, 11) is 0. The lowest BCUT2D eigenvalue weighted by molar-refractivity contribution is -0.390. The van der Waals surface area contributed by atoms with Crippen LogP contribution in [-0.4, -0.2) is 321 Å². The average Bonchev–Trinajstić information content (AvgIpc) is 0.792. The summed E-state index contributed by atoms with van der Waals surface area (Å²) in [6.45, 7) is -0.419. The number of carboxylic acid groups (broad SMARTS) is 1. The first-order valence-electron chi connectivity index (χ1n) is 31.0. The van der Waals surface area contributed by atoms with E-state index >= 15 is 0 Å². The zero-order valence-electron chi connectivity index (χ0n) is 51.5. The fraction of sp³-hybridized carbons (Fsp3) is 0.895. The van der Waals surface area contributed by atoms with E-state index in [9.17, 15) is 106 Å². The highest BCUT2D eigenvalue weighted by atomic mass is 16.8. The Balaban J connectivity index is 1.27. The summed E-state index contributed by atoms with van der Waals surface area (Å²) < 4.78 is 57.9. The summed E-state index contributed by atoms with van der Waals surface area (Å²) in [5.41, 5.74) is 0. The van der Waals surface area contributed by atoms with Gasteiger partial charge in [-0.25, -0.2) is 4.79 Å². The van der Waals surface area contributed by atoms with Gasteiger partial charge in [0.15, 0.2) is 25.2 Å². The van der Waals surface area contributed by atoms with E-state index < -0.39 is 241 Å². The number of unbranched alkanes of at least 4 members (excludes halogenated alkanes) is 11. The number of nitrogens with one attached hydrogen (secondary N) is 3. The highest BCUT2D eigenvalue weighted by Crippen LogP contribution is 2.40. The standard InChI is InChI=1S/C57H99N3O31/c1-5-6-7-8-9-10-11-12-13-14-15-16-17-18-30(69)29(58-26(2)66)25-82-53-44(77)43(76)48(36(24-65)86-53)88-54-45(78)50(40(73)33(21-62)83-54)89-52-38(60-28(4)68)42(75)47(35(23-64)85-52)87-55-46(79)51(41(74)34(22-63)84-55)91-57(56(80)81)19-31(70)37(59-27(3)67)49(90-57)39(72)32(71)20-61/h17-18,29-55,61-65,69-79H,5-16,19-25H2,1-4H3,(H,58,66)(H,59,67)(H,60,68)(H,80,81)/t29-,30+,31-,32+,33+,34+,35+,36+,37+,38+,39+,40-,41-,42+,43+,44+,45+,46+,47+,48+,49+,50-,51-,52-,53+,54-,55-,57-/m0/s1. The third-order valence-electron chi connectivity index (χ3n) is 16.6. The van der Waals surface area contributed by atoms with Crippen molar-refractivity contribution in [2.24, 2.45) is 0 Å². The van der Waals surface area contributed by atoms with Crippen molar-refractivity contribution in [1.82, 2.24) is 16.0 Å². The summed E-state index contributed by atoms with van der Waals surface area (Å²) in [5, 5.41) is 194. The van der Waals surface area contributed by atoms with Crippen molar-refractivity contribution in [3.63, 3.8) is 0 Å².